The van der Waals surface area contributed by atoms with Crippen molar-refractivity contribution >= 4 is 64.9 Å². The van der Waals surface area contributed by atoms with Gasteiger partial charge in [0.2, 0.25) is 0 Å². The Balaban J connectivity index is 1.30. The summed E-state index contributed by atoms with van der Waals surface area (Å²) in [4.78, 5) is 0. The van der Waals surface area contributed by atoms with Crippen LogP contribution in [-0.4, -0.2) is 4.57 Å². The molecule has 0 aliphatic rings. The van der Waals surface area contributed by atoms with Gasteiger partial charge in [-0.15, -0.1) is 0 Å². The predicted molar refractivity (Wildman–Crippen MR) is 193 cm³/mol. The van der Waals surface area contributed by atoms with Crippen molar-refractivity contribution in [3.63, 3.8) is 0 Å². The molecule has 0 bridgehead atoms. The van der Waals surface area contributed by atoms with Crippen molar-refractivity contribution in [3.8, 4) is 27.9 Å². The molecule has 10 aromatic rings. The zero-order valence-corrected chi connectivity index (χ0v) is 24.5. The van der Waals surface area contributed by atoms with Crippen LogP contribution >= 0.6 is 0 Å². The molecule has 0 fully saturated rings. The third kappa shape index (κ3) is 3.74. The number of benzene rings is 9. The van der Waals surface area contributed by atoms with E-state index in [1.807, 2.05) is 0 Å². The first-order valence-electron chi connectivity index (χ1n) is 15.6. The summed E-state index contributed by atoms with van der Waals surface area (Å²) >= 11 is 0. The molecule has 208 valence electrons. The zero-order chi connectivity index (χ0) is 29.5. The highest BCUT2D eigenvalue weighted by molar-refractivity contribution is 6.26. The smallest absolute Gasteiger partial charge is 0.0553 e. The molecule has 45 heavy (non-hydrogen) atoms. The van der Waals surface area contributed by atoms with Crippen molar-refractivity contribution in [2.75, 3.05) is 0 Å². The molecule has 0 spiro atoms. The largest absolute Gasteiger partial charge is 0.309 e. The first-order valence-corrected chi connectivity index (χ1v) is 15.6. The summed E-state index contributed by atoms with van der Waals surface area (Å²) in [6.07, 6.45) is 0. The Morgan fingerprint density at radius 3 is 1.13 bits per heavy atom. The minimum absolute atomic E-state index is 1.18. The Hall–Kier alpha value is -5.92. The van der Waals surface area contributed by atoms with E-state index in [-0.39, 0.29) is 0 Å². The number of rotatable bonds is 3. The van der Waals surface area contributed by atoms with Gasteiger partial charge in [-0.05, 0) is 114 Å². The molecule has 0 atom stereocenters. The second-order valence-corrected chi connectivity index (χ2v) is 12.2. The van der Waals surface area contributed by atoms with E-state index >= 15 is 0 Å². The lowest BCUT2D eigenvalue weighted by atomic mass is 9.94. The highest BCUT2D eigenvalue weighted by Gasteiger charge is 2.20. The zero-order valence-electron chi connectivity index (χ0n) is 24.5. The van der Waals surface area contributed by atoms with Crippen LogP contribution in [0.3, 0.4) is 0 Å². The maximum absolute atomic E-state index is 2.49. The van der Waals surface area contributed by atoms with Gasteiger partial charge in [0.15, 0.2) is 0 Å². The Kier molecular flexibility index (Phi) is 5.06. The average Bonchev–Trinajstić information content (AvgIpc) is 3.44. The number of aromatic nitrogens is 1. The van der Waals surface area contributed by atoms with Crippen molar-refractivity contribution in [1.29, 1.82) is 0 Å². The molecule has 0 saturated carbocycles. The summed E-state index contributed by atoms with van der Waals surface area (Å²) < 4.78 is 2.49. The number of hydrogen-bond donors (Lipinski definition) is 0. The Labute approximate surface area is 260 Å². The Morgan fingerprint density at radius 2 is 0.644 bits per heavy atom. The summed E-state index contributed by atoms with van der Waals surface area (Å²) in [6.45, 7) is 0. The van der Waals surface area contributed by atoms with E-state index in [4.69, 9.17) is 0 Å². The van der Waals surface area contributed by atoms with Crippen LogP contribution in [0.5, 0.6) is 0 Å². The quantitative estimate of drug-likeness (QED) is 0.187. The van der Waals surface area contributed by atoms with E-state index in [0.717, 1.165) is 0 Å². The lowest BCUT2D eigenvalue weighted by Gasteiger charge is -2.12. The van der Waals surface area contributed by atoms with E-state index in [1.54, 1.807) is 0 Å². The van der Waals surface area contributed by atoms with Gasteiger partial charge in [0, 0.05) is 16.5 Å². The van der Waals surface area contributed by atoms with Gasteiger partial charge in [-0.25, -0.2) is 0 Å². The molecule has 0 aliphatic heterocycles. The molecule has 1 heteroatoms. The van der Waals surface area contributed by atoms with Crippen LogP contribution in [-0.2, 0) is 0 Å². The minimum atomic E-state index is 1.18. The standard InChI is InChI=1S/C44H27N/c1-4-10-31-21-34(15-13-28(31)7-1)38-23-36-17-18-37-24-39(35-16-14-29-8-2-5-11-32(29)22-35)27-42-44(37)43(36)41(26-38)45(42)40-20-19-30-9-3-6-12-33(30)25-40/h1-27H. The van der Waals surface area contributed by atoms with Gasteiger partial charge in [0.25, 0.3) is 0 Å². The molecule has 0 unspecified atom stereocenters. The number of nitrogens with zero attached hydrogens (tertiary/aromatic N) is 1. The maximum atomic E-state index is 2.49. The first kappa shape index (κ1) is 24.5. The van der Waals surface area contributed by atoms with Crippen molar-refractivity contribution < 1.29 is 0 Å². The van der Waals surface area contributed by atoms with Crippen LogP contribution in [0, 0.1) is 0 Å². The molecular formula is C44H27N. The molecule has 1 aromatic heterocycles. The van der Waals surface area contributed by atoms with Crippen molar-refractivity contribution in [3.05, 3.63) is 164 Å². The van der Waals surface area contributed by atoms with Crippen LogP contribution in [0.2, 0.25) is 0 Å². The molecule has 0 radical (unpaired) electrons. The molecule has 1 nitrogen and oxygen atoms in total. The van der Waals surface area contributed by atoms with Gasteiger partial charge < -0.3 is 4.57 Å². The molecule has 0 saturated heterocycles. The van der Waals surface area contributed by atoms with Gasteiger partial charge in [-0.2, -0.15) is 0 Å². The van der Waals surface area contributed by atoms with E-state index in [9.17, 15) is 0 Å². The fourth-order valence-corrected chi connectivity index (χ4v) is 7.43. The molecule has 10 rings (SSSR count). The molecule has 0 N–H and O–H groups in total. The SMILES string of the molecule is c1ccc2cc(-c3cc4ccc5cc(-c6ccc7ccccc7c6)cc6c5c4c(c3)n6-c3ccc4ccccc4c3)ccc2c1. The lowest BCUT2D eigenvalue weighted by molar-refractivity contribution is 1.19. The van der Waals surface area contributed by atoms with Gasteiger partial charge in [0.1, 0.15) is 0 Å². The molecule has 0 amide bonds. The molecule has 9 aromatic carbocycles. The first-order chi connectivity index (χ1) is 22.3. The van der Waals surface area contributed by atoms with Gasteiger partial charge in [0.05, 0.1) is 11.0 Å². The van der Waals surface area contributed by atoms with Crippen LogP contribution in [0.25, 0.3) is 92.8 Å². The molecule has 0 aliphatic carbocycles. The summed E-state index contributed by atoms with van der Waals surface area (Å²) in [7, 11) is 0. The topological polar surface area (TPSA) is 4.93 Å². The average molecular weight is 570 g/mol. The summed E-state index contributed by atoms with van der Waals surface area (Å²) in [5.74, 6) is 0. The maximum Gasteiger partial charge on any atom is 0.0553 e. The second kappa shape index (κ2) is 9.29. The normalized spacial score (nSPS) is 12.0. The van der Waals surface area contributed by atoms with Crippen LogP contribution < -0.4 is 0 Å². The van der Waals surface area contributed by atoms with Crippen LogP contribution in [0.1, 0.15) is 0 Å². The molecular weight excluding hydrogens is 542 g/mol. The van der Waals surface area contributed by atoms with Crippen LogP contribution in [0.4, 0.5) is 0 Å². The fourth-order valence-electron chi connectivity index (χ4n) is 7.43. The summed E-state index contributed by atoms with van der Waals surface area (Å²) in [6, 6.07) is 60.5. The third-order valence-electron chi connectivity index (χ3n) is 9.63. The van der Waals surface area contributed by atoms with Gasteiger partial charge in [-0.1, -0.05) is 115 Å². The minimum Gasteiger partial charge on any atom is -0.309 e. The highest BCUT2D eigenvalue weighted by atomic mass is 15.0. The lowest BCUT2D eigenvalue weighted by Crippen LogP contribution is -1.94. The third-order valence-corrected chi connectivity index (χ3v) is 9.63. The second-order valence-electron chi connectivity index (χ2n) is 12.2. The summed E-state index contributed by atoms with van der Waals surface area (Å²) in [5.41, 5.74) is 8.59. The van der Waals surface area contributed by atoms with Gasteiger partial charge in [-0.3, -0.25) is 0 Å². The van der Waals surface area contributed by atoms with E-state index in [2.05, 4.69) is 168 Å². The Morgan fingerprint density at radius 1 is 0.267 bits per heavy atom. The summed E-state index contributed by atoms with van der Waals surface area (Å²) in [5, 5.41) is 12.7. The Bertz CT molecular complexity index is 2610. The highest BCUT2D eigenvalue weighted by Crippen LogP contribution is 2.43. The van der Waals surface area contributed by atoms with Crippen molar-refractivity contribution in [1.82, 2.24) is 4.57 Å². The van der Waals surface area contributed by atoms with Crippen molar-refractivity contribution in [2.24, 2.45) is 0 Å². The van der Waals surface area contributed by atoms with E-state index < -0.39 is 0 Å². The van der Waals surface area contributed by atoms with Crippen LogP contribution in [0.15, 0.2) is 164 Å². The number of fused-ring (bicyclic) bond motifs is 3. The van der Waals surface area contributed by atoms with Gasteiger partial charge >= 0.3 is 0 Å². The molecule has 1 heterocycles. The predicted octanol–water partition coefficient (Wildman–Crippen LogP) is 12.2. The fraction of sp³-hybridized carbons (Fsp3) is 0. The van der Waals surface area contributed by atoms with Crippen molar-refractivity contribution in [2.45, 2.75) is 0 Å². The van der Waals surface area contributed by atoms with E-state index in [0.29, 0.717) is 0 Å². The monoisotopic (exact) mass is 569 g/mol. The number of hydrogen-bond acceptors (Lipinski definition) is 0. The van der Waals surface area contributed by atoms with E-state index in [1.165, 1.54) is 92.8 Å².